The molecule has 2 amide bonds. The van der Waals surface area contributed by atoms with E-state index in [1.165, 1.54) is 6.07 Å². The van der Waals surface area contributed by atoms with Crippen LogP contribution in [0, 0.1) is 12.7 Å². The van der Waals surface area contributed by atoms with Gasteiger partial charge in [-0.3, -0.25) is 0 Å². The molecular formula is C21H25FN2O3. The first kappa shape index (κ1) is 19.0. The van der Waals surface area contributed by atoms with E-state index in [2.05, 4.69) is 5.32 Å². The van der Waals surface area contributed by atoms with Crippen LogP contribution in [-0.4, -0.2) is 31.7 Å². The molecule has 27 heavy (non-hydrogen) atoms. The van der Waals surface area contributed by atoms with Gasteiger partial charge in [0.25, 0.3) is 0 Å². The molecule has 1 aliphatic rings. The highest BCUT2D eigenvalue weighted by atomic mass is 19.1. The molecule has 1 saturated heterocycles. The highest BCUT2D eigenvalue weighted by molar-refractivity contribution is 5.75. The molecule has 0 saturated carbocycles. The number of hydrogen-bond donors (Lipinski definition) is 1. The van der Waals surface area contributed by atoms with Gasteiger partial charge in [0.05, 0.1) is 20.3 Å². The van der Waals surface area contributed by atoms with Crippen LogP contribution in [0.2, 0.25) is 0 Å². The number of hydrogen-bond acceptors (Lipinski definition) is 3. The zero-order valence-corrected chi connectivity index (χ0v) is 15.9. The number of carbonyl (C=O) groups is 1. The van der Waals surface area contributed by atoms with Crippen molar-refractivity contribution in [3.63, 3.8) is 0 Å². The van der Waals surface area contributed by atoms with Gasteiger partial charge in [-0.1, -0.05) is 18.2 Å². The SMILES string of the molecule is COc1ccc(C2CCCN2C(=O)NCc2ccc(F)c(C)c2)cc1OC. The average Bonchev–Trinajstić information content (AvgIpc) is 3.18. The molecule has 0 aliphatic carbocycles. The number of methoxy groups -OCH3 is 2. The number of benzene rings is 2. The standard InChI is InChI=1S/C21H25FN2O3/c1-14-11-15(6-8-17(14)22)13-23-21(25)24-10-4-5-18(24)16-7-9-19(26-2)20(12-16)27-3/h6-9,11-12,18H,4-5,10,13H2,1-3H3,(H,23,25). The summed E-state index contributed by atoms with van der Waals surface area (Å²) >= 11 is 0. The van der Waals surface area contributed by atoms with Crippen LogP contribution in [0.1, 0.15) is 35.6 Å². The number of rotatable bonds is 5. The Labute approximate surface area is 159 Å². The monoisotopic (exact) mass is 372 g/mol. The molecule has 3 rings (SSSR count). The molecule has 1 unspecified atom stereocenters. The lowest BCUT2D eigenvalue weighted by molar-refractivity contribution is 0.192. The molecule has 1 N–H and O–H groups in total. The summed E-state index contributed by atoms with van der Waals surface area (Å²) in [6.07, 6.45) is 1.85. The van der Waals surface area contributed by atoms with Crippen molar-refractivity contribution in [1.29, 1.82) is 0 Å². The first-order valence-electron chi connectivity index (χ1n) is 9.05. The van der Waals surface area contributed by atoms with Gasteiger partial charge >= 0.3 is 6.03 Å². The molecule has 2 aromatic rings. The molecule has 1 heterocycles. The van der Waals surface area contributed by atoms with Crippen molar-refractivity contribution < 1.29 is 18.7 Å². The van der Waals surface area contributed by atoms with Gasteiger partial charge in [-0.25, -0.2) is 9.18 Å². The lowest BCUT2D eigenvalue weighted by Crippen LogP contribution is -2.39. The summed E-state index contributed by atoms with van der Waals surface area (Å²) in [5.41, 5.74) is 2.48. The van der Waals surface area contributed by atoms with Crippen molar-refractivity contribution in [1.82, 2.24) is 10.2 Å². The van der Waals surface area contributed by atoms with E-state index in [0.29, 0.717) is 30.2 Å². The Morgan fingerprint density at radius 1 is 1.19 bits per heavy atom. The maximum absolute atomic E-state index is 13.4. The van der Waals surface area contributed by atoms with E-state index in [1.54, 1.807) is 33.3 Å². The quantitative estimate of drug-likeness (QED) is 0.856. The van der Waals surface area contributed by atoms with E-state index < -0.39 is 0 Å². The number of halogens is 1. The fraction of sp³-hybridized carbons (Fsp3) is 0.381. The van der Waals surface area contributed by atoms with E-state index in [4.69, 9.17) is 9.47 Å². The Bertz CT molecular complexity index is 825. The van der Waals surface area contributed by atoms with Gasteiger partial charge in [0.15, 0.2) is 11.5 Å². The third-order valence-corrected chi connectivity index (χ3v) is 4.97. The lowest BCUT2D eigenvalue weighted by atomic mass is 10.0. The van der Waals surface area contributed by atoms with E-state index in [0.717, 1.165) is 24.0 Å². The third-order valence-electron chi connectivity index (χ3n) is 4.97. The molecule has 1 fully saturated rings. The molecule has 0 bridgehead atoms. The van der Waals surface area contributed by atoms with Crippen LogP contribution in [0.15, 0.2) is 36.4 Å². The fourth-order valence-electron chi connectivity index (χ4n) is 3.51. The van der Waals surface area contributed by atoms with Crippen LogP contribution in [0.5, 0.6) is 11.5 Å². The number of amides is 2. The molecule has 0 spiro atoms. The minimum Gasteiger partial charge on any atom is -0.493 e. The summed E-state index contributed by atoms with van der Waals surface area (Å²) in [5.74, 6) is 1.09. The number of aryl methyl sites for hydroxylation is 1. The largest absolute Gasteiger partial charge is 0.493 e. The molecule has 2 aromatic carbocycles. The maximum atomic E-state index is 13.4. The summed E-state index contributed by atoms with van der Waals surface area (Å²) in [7, 11) is 3.20. The fourth-order valence-corrected chi connectivity index (χ4v) is 3.51. The smallest absolute Gasteiger partial charge is 0.318 e. The van der Waals surface area contributed by atoms with Crippen molar-refractivity contribution in [3.05, 3.63) is 58.9 Å². The van der Waals surface area contributed by atoms with E-state index >= 15 is 0 Å². The summed E-state index contributed by atoms with van der Waals surface area (Å²) < 4.78 is 24.1. The second-order valence-electron chi connectivity index (χ2n) is 6.71. The molecule has 144 valence electrons. The Morgan fingerprint density at radius 3 is 2.67 bits per heavy atom. The lowest BCUT2D eigenvalue weighted by Gasteiger charge is -2.26. The molecule has 0 radical (unpaired) electrons. The first-order valence-corrected chi connectivity index (χ1v) is 9.05. The Morgan fingerprint density at radius 2 is 1.96 bits per heavy atom. The number of nitrogens with one attached hydrogen (secondary N) is 1. The second-order valence-corrected chi connectivity index (χ2v) is 6.71. The molecule has 1 atom stereocenters. The van der Waals surface area contributed by atoms with Gasteiger partial charge in [-0.2, -0.15) is 0 Å². The zero-order valence-electron chi connectivity index (χ0n) is 15.9. The van der Waals surface area contributed by atoms with Gasteiger partial charge in [0.1, 0.15) is 5.82 Å². The molecule has 5 nitrogen and oxygen atoms in total. The minimum atomic E-state index is -0.238. The minimum absolute atomic E-state index is 0.000222. The Balaban J connectivity index is 1.70. The van der Waals surface area contributed by atoms with Gasteiger partial charge in [-0.05, 0) is 54.7 Å². The van der Waals surface area contributed by atoms with Crippen molar-refractivity contribution in [3.8, 4) is 11.5 Å². The summed E-state index contributed by atoms with van der Waals surface area (Å²) in [6.45, 7) is 2.79. The van der Waals surface area contributed by atoms with Crippen molar-refractivity contribution in [2.45, 2.75) is 32.4 Å². The van der Waals surface area contributed by atoms with Crippen LogP contribution in [0.25, 0.3) is 0 Å². The van der Waals surface area contributed by atoms with Gasteiger partial charge in [0.2, 0.25) is 0 Å². The van der Waals surface area contributed by atoms with E-state index in [1.807, 2.05) is 23.1 Å². The highest BCUT2D eigenvalue weighted by Crippen LogP contribution is 2.36. The molecular weight excluding hydrogens is 347 g/mol. The number of ether oxygens (including phenoxy) is 2. The highest BCUT2D eigenvalue weighted by Gasteiger charge is 2.30. The zero-order chi connectivity index (χ0) is 19.4. The van der Waals surface area contributed by atoms with Crippen molar-refractivity contribution in [2.75, 3.05) is 20.8 Å². The van der Waals surface area contributed by atoms with E-state index in [9.17, 15) is 9.18 Å². The Hall–Kier alpha value is -2.76. The summed E-state index contributed by atoms with van der Waals surface area (Å²) in [6, 6.07) is 10.5. The van der Waals surface area contributed by atoms with Gasteiger partial charge < -0.3 is 19.7 Å². The van der Waals surface area contributed by atoms with Crippen LogP contribution in [-0.2, 0) is 6.54 Å². The van der Waals surface area contributed by atoms with Gasteiger partial charge in [0, 0.05) is 13.1 Å². The number of carbonyl (C=O) groups excluding carboxylic acids is 1. The number of urea groups is 1. The van der Waals surface area contributed by atoms with Crippen LogP contribution in [0.4, 0.5) is 9.18 Å². The van der Waals surface area contributed by atoms with Crippen LogP contribution >= 0.6 is 0 Å². The summed E-state index contributed by atoms with van der Waals surface area (Å²) in [4.78, 5) is 14.6. The number of nitrogens with zero attached hydrogens (tertiary/aromatic N) is 1. The second kappa shape index (κ2) is 8.29. The normalized spacial score (nSPS) is 16.3. The predicted molar refractivity (Wildman–Crippen MR) is 102 cm³/mol. The van der Waals surface area contributed by atoms with E-state index in [-0.39, 0.29) is 17.9 Å². The van der Waals surface area contributed by atoms with Crippen LogP contribution < -0.4 is 14.8 Å². The van der Waals surface area contributed by atoms with Crippen molar-refractivity contribution >= 4 is 6.03 Å². The number of likely N-dealkylation sites (tertiary alicyclic amines) is 1. The Kier molecular flexibility index (Phi) is 5.84. The summed E-state index contributed by atoms with van der Waals surface area (Å²) in [5, 5.41) is 2.95. The topological polar surface area (TPSA) is 50.8 Å². The van der Waals surface area contributed by atoms with Crippen LogP contribution in [0.3, 0.4) is 0 Å². The first-order chi connectivity index (χ1) is 13.0. The third kappa shape index (κ3) is 4.15. The average molecular weight is 372 g/mol. The van der Waals surface area contributed by atoms with Crippen molar-refractivity contribution in [2.24, 2.45) is 0 Å². The van der Waals surface area contributed by atoms with Gasteiger partial charge in [-0.15, -0.1) is 0 Å². The molecule has 0 aromatic heterocycles. The predicted octanol–water partition coefficient (Wildman–Crippen LogP) is 4.20. The molecule has 6 heteroatoms. The molecule has 1 aliphatic heterocycles. The maximum Gasteiger partial charge on any atom is 0.318 e.